The molecule has 0 saturated heterocycles. The van der Waals surface area contributed by atoms with E-state index in [0.29, 0.717) is 28.4 Å². The fourth-order valence-corrected chi connectivity index (χ4v) is 2.82. The van der Waals surface area contributed by atoms with Gasteiger partial charge in [0.05, 0.1) is 13.3 Å². The summed E-state index contributed by atoms with van der Waals surface area (Å²) in [7, 11) is 1.50. The number of aryl methyl sites for hydroxylation is 1. The van der Waals surface area contributed by atoms with Crippen molar-refractivity contribution in [2.45, 2.75) is 6.92 Å². The monoisotopic (exact) mass is 460 g/mol. The molecule has 0 spiro atoms. The average molecular weight is 460 g/mol. The van der Waals surface area contributed by atoms with Gasteiger partial charge in [-0.15, -0.1) is 0 Å². The molecule has 0 heterocycles. The molecule has 34 heavy (non-hydrogen) atoms. The Kier molecular flexibility index (Phi) is 8.34. The summed E-state index contributed by atoms with van der Waals surface area (Å²) in [6, 6.07) is 20.8. The number of hydrazone groups is 1. The fourth-order valence-electron chi connectivity index (χ4n) is 2.82. The number of rotatable bonds is 8. The molecular weight excluding hydrogens is 436 g/mol. The topological polar surface area (TPSA) is 118 Å². The third-order valence-corrected chi connectivity index (χ3v) is 4.47. The zero-order valence-corrected chi connectivity index (χ0v) is 18.7. The highest BCUT2D eigenvalue weighted by Gasteiger charge is 2.13. The van der Waals surface area contributed by atoms with E-state index in [2.05, 4.69) is 21.2 Å². The third kappa shape index (κ3) is 7.49. The van der Waals surface area contributed by atoms with Crippen LogP contribution in [0.5, 0.6) is 11.5 Å². The zero-order valence-electron chi connectivity index (χ0n) is 18.7. The lowest BCUT2D eigenvalue weighted by molar-refractivity contribution is -0.136. The van der Waals surface area contributed by atoms with E-state index in [1.807, 2.05) is 25.1 Å². The molecule has 0 aromatic heterocycles. The van der Waals surface area contributed by atoms with E-state index in [-0.39, 0.29) is 12.5 Å². The highest BCUT2D eigenvalue weighted by atomic mass is 16.5. The summed E-state index contributed by atoms with van der Waals surface area (Å²) in [6.07, 6.45) is 1.38. The van der Waals surface area contributed by atoms with Crippen LogP contribution in [0.3, 0.4) is 0 Å². The number of amides is 3. The minimum Gasteiger partial charge on any atom is -0.497 e. The van der Waals surface area contributed by atoms with E-state index in [9.17, 15) is 14.4 Å². The van der Waals surface area contributed by atoms with Crippen LogP contribution in [0.4, 0.5) is 11.4 Å². The summed E-state index contributed by atoms with van der Waals surface area (Å²) in [6.45, 7) is 1.80. The van der Waals surface area contributed by atoms with Gasteiger partial charge in [-0.05, 0) is 66.6 Å². The van der Waals surface area contributed by atoms with Gasteiger partial charge < -0.3 is 20.1 Å². The van der Waals surface area contributed by atoms with Crippen LogP contribution < -0.4 is 25.5 Å². The predicted molar refractivity (Wildman–Crippen MR) is 129 cm³/mol. The normalized spacial score (nSPS) is 10.4. The Morgan fingerprint density at radius 3 is 2.26 bits per heavy atom. The van der Waals surface area contributed by atoms with E-state index in [0.717, 1.165) is 5.56 Å². The van der Waals surface area contributed by atoms with Gasteiger partial charge in [-0.1, -0.05) is 18.2 Å². The van der Waals surface area contributed by atoms with Crippen molar-refractivity contribution < 1.29 is 23.9 Å². The van der Waals surface area contributed by atoms with Gasteiger partial charge in [0, 0.05) is 17.4 Å². The lowest BCUT2D eigenvalue weighted by Gasteiger charge is -2.08. The molecule has 3 aromatic carbocycles. The van der Waals surface area contributed by atoms with E-state index >= 15 is 0 Å². The van der Waals surface area contributed by atoms with Gasteiger partial charge in [0.15, 0.2) is 6.61 Å². The molecule has 0 atom stereocenters. The average Bonchev–Trinajstić information content (AvgIpc) is 2.83. The maximum absolute atomic E-state index is 12.0. The van der Waals surface area contributed by atoms with E-state index < -0.39 is 11.8 Å². The molecule has 0 fully saturated rings. The number of hydrogen-bond donors (Lipinski definition) is 3. The van der Waals surface area contributed by atoms with Gasteiger partial charge >= 0.3 is 11.8 Å². The summed E-state index contributed by atoms with van der Waals surface area (Å²) in [5.41, 5.74) is 5.00. The Hall–Kier alpha value is -4.66. The lowest BCUT2D eigenvalue weighted by Crippen LogP contribution is -2.32. The highest BCUT2D eigenvalue weighted by molar-refractivity contribution is 6.39. The van der Waals surface area contributed by atoms with Gasteiger partial charge in [0.1, 0.15) is 11.5 Å². The number of carbonyl (C=O) groups is 3. The molecule has 9 nitrogen and oxygen atoms in total. The summed E-state index contributed by atoms with van der Waals surface area (Å²) in [4.78, 5) is 35.9. The summed E-state index contributed by atoms with van der Waals surface area (Å²) in [5, 5.41) is 9.01. The number of carbonyl (C=O) groups excluding carboxylic acids is 3. The molecule has 0 saturated carbocycles. The molecule has 3 aromatic rings. The Labute approximate surface area is 196 Å². The number of benzene rings is 3. The Morgan fingerprint density at radius 1 is 0.853 bits per heavy atom. The minimum absolute atomic E-state index is 0.139. The van der Waals surface area contributed by atoms with E-state index in [1.54, 1.807) is 54.6 Å². The second kappa shape index (κ2) is 11.8. The van der Waals surface area contributed by atoms with Gasteiger partial charge in [-0.25, -0.2) is 5.43 Å². The Bertz CT molecular complexity index is 1190. The maximum atomic E-state index is 12.0. The SMILES string of the molecule is COc1cccc(NC(=O)C(=O)N/N=C\c2ccc(OCC(=O)Nc3cccc(C)c3)cc2)c1. The summed E-state index contributed by atoms with van der Waals surface area (Å²) >= 11 is 0. The van der Waals surface area contributed by atoms with Gasteiger partial charge in [0.2, 0.25) is 0 Å². The molecule has 3 N–H and O–H groups in total. The molecule has 0 aliphatic rings. The lowest BCUT2D eigenvalue weighted by atomic mass is 10.2. The van der Waals surface area contributed by atoms with Crippen molar-refractivity contribution in [2.24, 2.45) is 5.10 Å². The number of methoxy groups -OCH3 is 1. The Morgan fingerprint density at radius 2 is 1.56 bits per heavy atom. The van der Waals surface area contributed by atoms with E-state index in [1.165, 1.54) is 13.3 Å². The van der Waals surface area contributed by atoms with Crippen LogP contribution in [-0.4, -0.2) is 37.7 Å². The van der Waals surface area contributed by atoms with Crippen molar-refractivity contribution in [3.05, 3.63) is 83.9 Å². The predicted octanol–water partition coefficient (Wildman–Crippen LogP) is 3.11. The highest BCUT2D eigenvalue weighted by Crippen LogP contribution is 2.16. The van der Waals surface area contributed by atoms with E-state index in [4.69, 9.17) is 9.47 Å². The van der Waals surface area contributed by atoms with Crippen molar-refractivity contribution in [2.75, 3.05) is 24.4 Å². The number of hydrogen-bond acceptors (Lipinski definition) is 6. The third-order valence-electron chi connectivity index (χ3n) is 4.47. The second-order valence-electron chi connectivity index (χ2n) is 7.16. The number of anilines is 2. The minimum atomic E-state index is -0.918. The smallest absolute Gasteiger partial charge is 0.329 e. The molecule has 0 aliphatic carbocycles. The van der Waals surface area contributed by atoms with Crippen LogP contribution in [0.1, 0.15) is 11.1 Å². The molecule has 3 rings (SSSR count). The summed E-state index contributed by atoms with van der Waals surface area (Å²) < 4.78 is 10.6. The number of nitrogens with zero attached hydrogens (tertiary/aromatic N) is 1. The second-order valence-corrected chi connectivity index (χ2v) is 7.16. The largest absolute Gasteiger partial charge is 0.497 e. The van der Waals surface area contributed by atoms with Crippen LogP contribution in [0.25, 0.3) is 0 Å². The first kappa shape index (κ1) is 24.0. The molecule has 0 aliphatic heterocycles. The zero-order chi connectivity index (χ0) is 24.3. The fraction of sp³-hybridized carbons (Fsp3) is 0.120. The molecule has 0 radical (unpaired) electrons. The van der Waals surface area contributed by atoms with Gasteiger partial charge in [-0.3, -0.25) is 14.4 Å². The van der Waals surface area contributed by atoms with Crippen LogP contribution in [0, 0.1) is 6.92 Å². The first-order valence-electron chi connectivity index (χ1n) is 10.3. The van der Waals surface area contributed by atoms with Crippen LogP contribution >= 0.6 is 0 Å². The van der Waals surface area contributed by atoms with Crippen molar-refractivity contribution in [1.82, 2.24) is 5.43 Å². The molecule has 9 heteroatoms. The van der Waals surface area contributed by atoms with Crippen molar-refractivity contribution in [3.8, 4) is 11.5 Å². The number of nitrogens with one attached hydrogen (secondary N) is 3. The number of ether oxygens (including phenoxy) is 2. The summed E-state index contributed by atoms with van der Waals surface area (Å²) in [5.74, 6) is -1.00. The Balaban J connectivity index is 1.43. The molecule has 3 amide bonds. The standard InChI is InChI=1S/C25H24N4O5/c1-17-5-3-6-19(13-17)27-23(30)16-34-21-11-9-18(10-12-21)15-26-29-25(32)24(31)28-20-7-4-8-22(14-20)33-2/h3-15H,16H2,1-2H3,(H,27,30)(H,28,31)(H,29,32)/b26-15-. The molecule has 174 valence electrons. The first-order chi connectivity index (χ1) is 16.4. The maximum Gasteiger partial charge on any atom is 0.329 e. The molecule has 0 unspecified atom stereocenters. The van der Waals surface area contributed by atoms with Crippen LogP contribution in [0.15, 0.2) is 77.9 Å². The van der Waals surface area contributed by atoms with Crippen molar-refractivity contribution in [1.29, 1.82) is 0 Å². The first-order valence-corrected chi connectivity index (χ1v) is 10.3. The van der Waals surface area contributed by atoms with Crippen LogP contribution in [0.2, 0.25) is 0 Å². The van der Waals surface area contributed by atoms with Crippen LogP contribution in [-0.2, 0) is 14.4 Å². The molecular formula is C25H24N4O5. The molecule has 0 bridgehead atoms. The van der Waals surface area contributed by atoms with Crippen molar-refractivity contribution in [3.63, 3.8) is 0 Å². The van der Waals surface area contributed by atoms with Gasteiger partial charge in [-0.2, -0.15) is 5.10 Å². The van der Waals surface area contributed by atoms with Gasteiger partial charge in [0.25, 0.3) is 5.91 Å². The van der Waals surface area contributed by atoms with Crippen molar-refractivity contribution >= 4 is 35.3 Å². The quantitative estimate of drug-likeness (QED) is 0.271.